The zero-order valence-electron chi connectivity index (χ0n) is 13.5. The Balaban J connectivity index is 1.93. The van der Waals surface area contributed by atoms with E-state index >= 15 is 0 Å². The fraction of sp³-hybridized carbons (Fsp3) is 0.381. The summed E-state index contributed by atoms with van der Waals surface area (Å²) in [4.78, 5) is 4.70. The number of pyridine rings is 1. The summed E-state index contributed by atoms with van der Waals surface area (Å²) < 4.78 is 0. The van der Waals surface area contributed by atoms with Crippen molar-refractivity contribution in [3.8, 4) is 0 Å². The Bertz CT molecular complexity index is 828. The van der Waals surface area contributed by atoms with Gasteiger partial charge in [-0.2, -0.15) is 0 Å². The van der Waals surface area contributed by atoms with Crippen molar-refractivity contribution in [3.05, 3.63) is 54.2 Å². The first kappa shape index (κ1) is 13.8. The summed E-state index contributed by atoms with van der Waals surface area (Å²) in [6.07, 6.45) is 7.47. The third-order valence-corrected chi connectivity index (χ3v) is 5.93. The first-order chi connectivity index (χ1) is 10.7. The molecule has 1 saturated carbocycles. The zero-order chi connectivity index (χ0) is 15.2. The smallest absolute Gasteiger partial charge is 0.0783 e. The Morgan fingerprint density at radius 3 is 2.55 bits per heavy atom. The molecule has 1 unspecified atom stereocenters. The molecule has 0 spiro atoms. The van der Waals surface area contributed by atoms with Gasteiger partial charge in [0, 0.05) is 17.0 Å². The molecule has 2 aromatic carbocycles. The highest BCUT2D eigenvalue weighted by Crippen LogP contribution is 2.49. The largest absolute Gasteiger partial charge is 0.256 e. The minimum atomic E-state index is 0.444. The topological polar surface area (TPSA) is 12.9 Å². The Labute approximate surface area is 132 Å². The zero-order valence-corrected chi connectivity index (χ0v) is 13.5. The number of nitrogens with zero attached hydrogens (tertiary/aromatic N) is 1. The fourth-order valence-corrected chi connectivity index (χ4v) is 4.28. The number of rotatable bonds is 2. The third-order valence-electron chi connectivity index (χ3n) is 5.93. The van der Waals surface area contributed by atoms with Crippen molar-refractivity contribution in [1.29, 1.82) is 0 Å². The minimum Gasteiger partial charge on any atom is -0.256 e. The Morgan fingerprint density at radius 1 is 0.955 bits per heavy atom. The first-order valence-corrected chi connectivity index (χ1v) is 8.45. The Kier molecular flexibility index (Phi) is 3.18. The summed E-state index contributed by atoms with van der Waals surface area (Å²) in [6.45, 7) is 4.88. The van der Waals surface area contributed by atoms with Gasteiger partial charge in [-0.05, 0) is 41.2 Å². The first-order valence-electron chi connectivity index (χ1n) is 8.45. The number of hydrogen-bond donors (Lipinski definition) is 0. The number of fused-ring (bicyclic) bond motifs is 3. The lowest BCUT2D eigenvalue weighted by Crippen LogP contribution is -2.20. The van der Waals surface area contributed by atoms with E-state index in [4.69, 9.17) is 4.98 Å². The molecule has 1 fully saturated rings. The van der Waals surface area contributed by atoms with Crippen molar-refractivity contribution in [3.63, 3.8) is 0 Å². The molecule has 1 aliphatic rings. The van der Waals surface area contributed by atoms with Crippen molar-refractivity contribution in [2.45, 2.75) is 45.4 Å². The molecule has 1 heterocycles. The normalized spacial score (nSPS) is 18.8. The van der Waals surface area contributed by atoms with Gasteiger partial charge < -0.3 is 0 Å². The number of aromatic nitrogens is 1. The number of benzene rings is 2. The molecule has 0 N–H and O–H groups in total. The fourth-order valence-electron chi connectivity index (χ4n) is 4.28. The van der Waals surface area contributed by atoms with Crippen LogP contribution in [0.3, 0.4) is 0 Å². The predicted molar refractivity (Wildman–Crippen MR) is 94.2 cm³/mol. The molecule has 22 heavy (non-hydrogen) atoms. The van der Waals surface area contributed by atoms with E-state index < -0.39 is 0 Å². The van der Waals surface area contributed by atoms with Crippen molar-refractivity contribution in [2.24, 2.45) is 5.41 Å². The maximum atomic E-state index is 4.70. The molecule has 1 aromatic heterocycles. The summed E-state index contributed by atoms with van der Waals surface area (Å²) in [5.41, 5.74) is 3.07. The standard InChI is InChI=1S/C21H23N/c1-15(21(2)12-5-6-13-21)17-11-14-22-20-18-8-4-3-7-16(18)9-10-19(17)20/h3-4,7-11,14-15H,5-6,12-13H2,1-2H3. The van der Waals surface area contributed by atoms with Crippen LogP contribution in [-0.2, 0) is 0 Å². The SMILES string of the molecule is CC(c1ccnc2c1ccc1ccccc12)C1(C)CCCC1. The molecule has 0 aliphatic heterocycles. The number of hydrogen-bond acceptors (Lipinski definition) is 1. The second kappa shape index (κ2) is 5.08. The van der Waals surface area contributed by atoms with Gasteiger partial charge in [0.1, 0.15) is 0 Å². The molecule has 4 rings (SSSR count). The molecule has 1 heteroatoms. The van der Waals surface area contributed by atoms with Crippen LogP contribution in [-0.4, -0.2) is 4.98 Å². The van der Waals surface area contributed by atoms with Crippen LogP contribution in [0.5, 0.6) is 0 Å². The molecule has 1 aliphatic carbocycles. The van der Waals surface area contributed by atoms with E-state index in [9.17, 15) is 0 Å². The molecule has 0 bridgehead atoms. The quantitative estimate of drug-likeness (QED) is 0.522. The minimum absolute atomic E-state index is 0.444. The maximum absolute atomic E-state index is 4.70. The Hall–Kier alpha value is -1.89. The van der Waals surface area contributed by atoms with Crippen LogP contribution in [0.25, 0.3) is 21.7 Å². The molecular formula is C21H23N. The van der Waals surface area contributed by atoms with Crippen LogP contribution in [0.2, 0.25) is 0 Å². The van der Waals surface area contributed by atoms with Crippen molar-refractivity contribution >= 4 is 21.7 Å². The van der Waals surface area contributed by atoms with Gasteiger partial charge >= 0.3 is 0 Å². The lowest BCUT2D eigenvalue weighted by atomic mass is 9.72. The van der Waals surface area contributed by atoms with Crippen LogP contribution in [0.4, 0.5) is 0 Å². The summed E-state index contributed by atoms with van der Waals surface area (Å²) in [5.74, 6) is 0.585. The van der Waals surface area contributed by atoms with Crippen LogP contribution < -0.4 is 0 Å². The van der Waals surface area contributed by atoms with Crippen molar-refractivity contribution < 1.29 is 0 Å². The van der Waals surface area contributed by atoms with Crippen LogP contribution in [0.1, 0.15) is 51.0 Å². The second-order valence-corrected chi connectivity index (χ2v) is 7.17. The molecule has 0 amide bonds. The van der Waals surface area contributed by atoms with Gasteiger partial charge in [-0.1, -0.05) is 63.1 Å². The van der Waals surface area contributed by atoms with Gasteiger partial charge in [0.2, 0.25) is 0 Å². The maximum Gasteiger partial charge on any atom is 0.0783 e. The van der Waals surface area contributed by atoms with Gasteiger partial charge in [0.25, 0.3) is 0 Å². The monoisotopic (exact) mass is 289 g/mol. The Morgan fingerprint density at radius 2 is 1.73 bits per heavy atom. The molecule has 3 aromatic rings. The summed E-state index contributed by atoms with van der Waals surface area (Å²) in [6, 6.07) is 15.3. The summed E-state index contributed by atoms with van der Waals surface area (Å²) in [7, 11) is 0. The molecule has 0 saturated heterocycles. The average molecular weight is 289 g/mol. The van der Waals surface area contributed by atoms with E-state index in [1.54, 1.807) is 0 Å². The molecule has 1 nitrogen and oxygen atoms in total. The highest BCUT2D eigenvalue weighted by Gasteiger charge is 2.35. The van der Waals surface area contributed by atoms with E-state index in [1.165, 1.54) is 47.4 Å². The van der Waals surface area contributed by atoms with E-state index in [0.717, 1.165) is 5.52 Å². The highest BCUT2D eigenvalue weighted by molar-refractivity contribution is 6.06. The van der Waals surface area contributed by atoms with Crippen LogP contribution >= 0.6 is 0 Å². The molecule has 1 atom stereocenters. The van der Waals surface area contributed by atoms with E-state index in [-0.39, 0.29) is 0 Å². The van der Waals surface area contributed by atoms with Crippen LogP contribution in [0, 0.1) is 5.41 Å². The van der Waals surface area contributed by atoms with Crippen molar-refractivity contribution in [1.82, 2.24) is 4.98 Å². The summed E-state index contributed by atoms with van der Waals surface area (Å²) >= 11 is 0. The van der Waals surface area contributed by atoms with Gasteiger partial charge in [-0.3, -0.25) is 4.98 Å². The van der Waals surface area contributed by atoms with E-state index in [2.05, 4.69) is 56.3 Å². The van der Waals surface area contributed by atoms with Gasteiger partial charge in [0.15, 0.2) is 0 Å². The van der Waals surface area contributed by atoms with Gasteiger partial charge in [0.05, 0.1) is 5.52 Å². The van der Waals surface area contributed by atoms with Gasteiger partial charge in [-0.15, -0.1) is 0 Å². The van der Waals surface area contributed by atoms with Gasteiger partial charge in [-0.25, -0.2) is 0 Å². The lowest BCUT2D eigenvalue weighted by Gasteiger charge is -2.32. The van der Waals surface area contributed by atoms with E-state index in [1.807, 2.05) is 6.20 Å². The lowest BCUT2D eigenvalue weighted by molar-refractivity contribution is 0.277. The molecular weight excluding hydrogens is 266 g/mol. The van der Waals surface area contributed by atoms with Crippen molar-refractivity contribution in [2.75, 3.05) is 0 Å². The van der Waals surface area contributed by atoms with E-state index in [0.29, 0.717) is 11.3 Å². The second-order valence-electron chi connectivity index (χ2n) is 7.17. The molecule has 0 radical (unpaired) electrons. The third kappa shape index (κ3) is 2.03. The predicted octanol–water partition coefficient (Wildman–Crippen LogP) is 6.07. The average Bonchev–Trinajstić information content (AvgIpc) is 3.01. The van der Waals surface area contributed by atoms with Crippen LogP contribution in [0.15, 0.2) is 48.7 Å². The summed E-state index contributed by atoms with van der Waals surface area (Å²) in [5, 5.41) is 3.88. The highest BCUT2D eigenvalue weighted by atomic mass is 14.7. The molecule has 112 valence electrons.